The average molecular weight is 336 g/mol. The van der Waals surface area contributed by atoms with Crippen LogP contribution in [0.3, 0.4) is 0 Å². The number of carbonyl (C=O) groups excluding carboxylic acids is 2. The molecule has 3 rings (SSSR count). The van der Waals surface area contributed by atoms with Gasteiger partial charge in [0, 0.05) is 24.3 Å². The summed E-state index contributed by atoms with van der Waals surface area (Å²) in [7, 11) is 0. The van der Waals surface area contributed by atoms with Crippen molar-refractivity contribution >= 4 is 23.2 Å². The summed E-state index contributed by atoms with van der Waals surface area (Å²) >= 11 is 0. The molecule has 130 valence electrons. The van der Waals surface area contributed by atoms with Gasteiger partial charge in [-0.1, -0.05) is 37.3 Å². The number of benzene rings is 2. The number of nitrogens with zero attached hydrogens (tertiary/aromatic N) is 1. The first-order chi connectivity index (χ1) is 12.0. The van der Waals surface area contributed by atoms with Crippen LogP contribution in [0.4, 0.5) is 11.4 Å². The number of anilines is 2. The molecular weight excluding hydrogens is 312 g/mol. The van der Waals surface area contributed by atoms with E-state index < -0.39 is 0 Å². The maximum absolute atomic E-state index is 12.7. The molecule has 0 bridgehead atoms. The monoisotopic (exact) mass is 336 g/mol. The Morgan fingerprint density at radius 3 is 2.68 bits per heavy atom. The third-order valence-electron chi connectivity index (χ3n) is 5.02. The molecule has 0 aromatic heterocycles. The Kier molecular flexibility index (Phi) is 4.88. The van der Waals surface area contributed by atoms with E-state index in [1.165, 1.54) is 0 Å². The largest absolute Gasteiger partial charge is 0.326 e. The molecule has 1 aliphatic heterocycles. The zero-order valence-electron chi connectivity index (χ0n) is 15.0. The Balaban J connectivity index is 1.76. The van der Waals surface area contributed by atoms with Gasteiger partial charge in [0.05, 0.1) is 5.92 Å². The maximum atomic E-state index is 12.7. The minimum absolute atomic E-state index is 0.0117. The van der Waals surface area contributed by atoms with Crippen LogP contribution in [-0.2, 0) is 16.0 Å². The van der Waals surface area contributed by atoms with Gasteiger partial charge in [0.15, 0.2) is 0 Å². The summed E-state index contributed by atoms with van der Waals surface area (Å²) in [4.78, 5) is 26.9. The maximum Gasteiger partial charge on any atom is 0.229 e. The summed E-state index contributed by atoms with van der Waals surface area (Å²) in [5, 5.41) is 3.00. The summed E-state index contributed by atoms with van der Waals surface area (Å²) in [6, 6.07) is 13.7. The van der Waals surface area contributed by atoms with Gasteiger partial charge in [-0.05, 0) is 49.1 Å². The normalized spacial score (nSPS) is 17.0. The van der Waals surface area contributed by atoms with E-state index in [9.17, 15) is 9.59 Å². The second-order valence-electron chi connectivity index (χ2n) is 6.62. The van der Waals surface area contributed by atoms with Crippen molar-refractivity contribution in [1.82, 2.24) is 0 Å². The number of hydrogen-bond acceptors (Lipinski definition) is 2. The van der Waals surface area contributed by atoms with E-state index in [0.29, 0.717) is 6.54 Å². The molecule has 0 spiro atoms. The van der Waals surface area contributed by atoms with Crippen LogP contribution in [0.15, 0.2) is 42.5 Å². The lowest BCUT2D eigenvalue weighted by molar-refractivity contribution is -0.122. The number of carbonyl (C=O) groups is 2. The quantitative estimate of drug-likeness (QED) is 0.922. The third kappa shape index (κ3) is 3.43. The average Bonchev–Trinajstić information content (AvgIpc) is 2.99. The summed E-state index contributed by atoms with van der Waals surface area (Å²) in [6.07, 6.45) is 1.11. The van der Waals surface area contributed by atoms with Gasteiger partial charge in [0.2, 0.25) is 11.8 Å². The number of amides is 2. The van der Waals surface area contributed by atoms with E-state index in [1.54, 1.807) is 4.90 Å². The Hall–Kier alpha value is -2.62. The van der Waals surface area contributed by atoms with Crippen LogP contribution in [0.1, 0.15) is 30.0 Å². The number of para-hydroxylation sites is 1. The standard InChI is InChI=1S/C21H24N2O2/c1-4-16-9-5-6-10-18(16)22-21(25)17-12-20(24)23(13-17)19-11-7-8-14(2)15(19)3/h5-11,17H,4,12-13H2,1-3H3,(H,22,25). The van der Waals surface area contributed by atoms with Crippen LogP contribution in [0.5, 0.6) is 0 Å². The van der Waals surface area contributed by atoms with Gasteiger partial charge in [0.1, 0.15) is 0 Å². The summed E-state index contributed by atoms with van der Waals surface area (Å²) in [6.45, 7) is 6.55. The van der Waals surface area contributed by atoms with Crippen LogP contribution in [0.25, 0.3) is 0 Å². The van der Waals surface area contributed by atoms with Gasteiger partial charge < -0.3 is 10.2 Å². The van der Waals surface area contributed by atoms with Gasteiger partial charge in [-0.3, -0.25) is 9.59 Å². The lowest BCUT2D eigenvalue weighted by Crippen LogP contribution is -2.28. The first-order valence-corrected chi connectivity index (χ1v) is 8.76. The number of rotatable bonds is 4. The minimum atomic E-state index is -0.322. The van der Waals surface area contributed by atoms with Gasteiger partial charge >= 0.3 is 0 Å². The molecule has 4 heteroatoms. The van der Waals surface area contributed by atoms with E-state index in [0.717, 1.165) is 34.5 Å². The van der Waals surface area contributed by atoms with Gasteiger partial charge in [-0.2, -0.15) is 0 Å². The van der Waals surface area contributed by atoms with Crippen molar-refractivity contribution in [1.29, 1.82) is 0 Å². The number of nitrogens with one attached hydrogen (secondary N) is 1. The molecular formula is C21H24N2O2. The van der Waals surface area contributed by atoms with E-state index in [-0.39, 0.29) is 24.2 Å². The highest BCUT2D eigenvalue weighted by atomic mass is 16.2. The molecule has 1 fully saturated rings. The van der Waals surface area contributed by atoms with Gasteiger partial charge in [-0.15, -0.1) is 0 Å². The number of aryl methyl sites for hydroxylation is 2. The van der Waals surface area contributed by atoms with Crippen LogP contribution < -0.4 is 10.2 Å². The Morgan fingerprint density at radius 1 is 1.16 bits per heavy atom. The predicted molar refractivity (Wildman–Crippen MR) is 101 cm³/mol. The highest BCUT2D eigenvalue weighted by Crippen LogP contribution is 2.30. The molecule has 1 saturated heterocycles. The number of hydrogen-bond donors (Lipinski definition) is 1. The van der Waals surface area contributed by atoms with Crippen LogP contribution in [0, 0.1) is 19.8 Å². The molecule has 2 aromatic rings. The molecule has 0 radical (unpaired) electrons. The van der Waals surface area contributed by atoms with E-state index in [4.69, 9.17) is 0 Å². The Labute approximate surface area is 148 Å². The molecule has 0 saturated carbocycles. The van der Waals surface area contributed by atoms with Crippen molar-refractivity contribution in [3.63, 3.8) is 0 Å². The predicted octanol–water partition coefficient (Wildman–Crippen LogP) is 3.86. The topological polar surface area (TPSA) is 49.4 Å². The lowest BCUT2D eigenvalue weighted by atomic mass is 10.1. The first-order valence-electron chi connectivity index (χ1n) is 8.76. The van der Waals surface area contributed by atoms with Gasteiger partial charge in [0.25, 0.3) is 0 Å². The fraction of sp³-hybridized carbons (Fsp3) is 0.333. The Morgan fingerprint density at radius 2 is 1.92 bits per heavy atom. The molecule has 0 aliphatic carbocycles. The van der Waals surface area contributed by atoms with Crippen molar-refractivity contribution in [3.8, 4) is 0 Å². The summed E-state index contributed by atoms with van der Waals surface area (Å²) in [5.41, 5.74) is 5.09. The Bertz CT molecular complexity index is 813. The second-order valence-corrected chi connectivity index (χ2v) is 6.62. The minimum Gasteiger partial charge on any atom is -0.326 e. The fourth-order valence-electron chi connectivity index (χ4n) is 3.33. The van der Waals surface area contributed by atoms with E-state index in [1.807, 2.05) is 56.3 Å². The molecule has 2 aromatic carbocycles. The molecule has 1 unspecified atom stereocenters. The van der Waals surface area contributed by atoms with E-state index >= 15 is 0 Å². The highest BCUT2D eigenvalue weighted by Gasteiger charge is 2.35. The SMILES string of the molecule is CCc1ccccc1NC(=O)C1CC(=O)N(c2cccc(C)c2C)C1. The molecule has 1 atom stereocenters. The van der Waals surface area contributed by atoms with Crippen molar-refractivity contribution in [2.24, 2.45) is 5.92 Å². The van der Waals surface area contributed by atoms with Crippen molar-refractivity contribution in [3.05, 3.63) is 59.2 Å². The van der Waals surface area contributed by atoms with Crippen molar-refractivity contribution in [2.45, 2.75) is 33.6 Å². The zero-order chi connectivity index (χ0) is 18.0. The molecule has 2 amide bonds. The van der Waals surface area contributed by atoms with Crippen LogP contribution in [0.2, 0.25) is 0 Å². The van der Waals surface area contributed by atoms with Crippen molar-refractivity contribution in [2.75, 3.05) is 16.8 Å². The lowest BCUT2D eigenvalue weighted by Gasteiger charge is -2.20. The first kappa shape index (κ1) is 17.2. The molecule has 1 aliphatic rings. The third-order valence-corrected chi connectivity index (χ3v) is 5.02. The molecule has 1 N–H and O–H groups in total. The summed E-state index contributed by atoms with van der Waals surface area (Å²) < 4.78 is 0. The van der Waals surface area contributed by atoms with Crippen molar-refractivity contribution < 1.29 is 9.59 Å². The second kappa shape index (κ2) is 7.09. The zero-order valence-corrected chi connectivity index (χ0v) is 15.0. The molecule has 25 heavy (non-hydrogen) atoms. The molecule has 1 heterocycles. The fourth-order valence-corrected chi connectivity index (χ4v) is 3.33. The summed E-state index contributed by atoms with van der Waals surface area (Å²) in [5.74, 6) is -0.392. The highest BCUT2D eigenvalue weighted by molar-refractivity contribution is 6.04. The van der Waals surface area contributed by atoms with Crippen LogP contribution >= 0.6 is 0 Å². The van der Waals surface area contributed by atoms with Crippen LogP contribution in [-0.4, -0.2) is 18.4 Å². The molecule has 4 nitrogen and oxygen atoms in total. The van der Waals surface area contributed by atoms with E-state index in [2.05, 4.69) is 12.2 Å². The smallest absolute Gasteiger partial charge is 0.229 e. The van der Waals surface area contributed by atoms with Gasteiger partial charge in [-0.25, -0.2) is 0 Å².